The van der Waals surface area contributed by atoms with Gasteiger partial charge in [0.15, 0.2) is 0 Å². The molecule has 3 rings (SSSR count). The fourth-order valence-electron chi connectivity index (χ4n) is 3.56. The molecule has 1 aliphatic rings. The van der Waals surface area contributed by atoms with Crippen molar-refractivity contribution in [3.05, 3.63) is 30.1 Å². The molecule has 0 radical (unpaired) electrons. The minimum absolute atomic E-state index is 0.0465. The van der Waals surface area contributed by atoms with Crippen molar-refractivity contribution < 1.29 is 14.3 Å². The van der Waals surface area contributed by atoms with E-state index in [1.165, 1.54) is 5.52 Å². The monoisotopic (exact) mass is 373 g/mol. The molecule has 2 heterocycles. The summed E-state index contributed by atoms with van der Waals surface area (Å²) in [5, 5.41) is 2.99. The number of nitrogens with zero attached hydrogens (tertiary/aromatic N) is 2. The minimum Gasteiger partial charge on any atom is -0.380 e. The van der Waals surface area contributed by atoms with Gasteiger partial charge in [0.05, 0.1) is 17.6 Å². The molecule has 1 N–H and O–H groups in total. The zero-order valence-electron chi connectivity index (χ0n) is 16.3. The SMILES string of the molecule is CCOCCn1c(CCCCCNC(=O)C2CCCO2)nc2ccccc21. The van der Waals surface area contributed by atoms with Gasteiger partial charge in [0.25, 0.3) is 0 Å². The number of rotatable bonds is 11. The van der Waals surface area contributed by atoms with E-state index in [2.05, 4.69) is 28.1 Å². The fourth-order valence-corrected chi connectivity index (χ4v) is 3.56. The Bertz CT molecular complexity index is 723. The summed E-state index contributed by atoms with van der Waals surface area (Å²) in [6.07, 6.45) is 5.67. The molecule has 6 nitrogen and oxygen atoms in total. The topological polar surface area (TPSA) is 65.4 Å². The minimum atomic E-state index is -0.227. The number of para-hydroxylation sites is 2. The molecule has 1 amide bonds. The number of aromatic nitrogens is 2. The van der Waals surface area contributed by atoms with E-state index in [0.717, 1.165) is 69.6 Å². The normalized spacial score (nSPS) is 16.9. The molecular formula is C21H31N3O3. The summed E-state index contributed by atoms with van der Waals surface area (Å²) in [7, 11) is 0. The van der Waals surface area contributed by atoms with Crippen molar-refractivity contribution in [2.24, 2.45) is 0 Å². The first-order chi connectivity index (χ1) is 13.3. The number of ether oxygens (including phenoxy) is 2. The second-order valence-corrected chi connectivity index (χ2v) is 6.97. The van der Waals surface area contributed by atoms with Gasteiger partial charge in [-0.15, -0.1) is 0 Å². The Morgan fingerprint density at radius 3 is 3.04 bits per heavy atom. The van der Waals surface area contributed by atoms with Gasteiger partial charge in [0.2, 0.25) is 5.91 Å². The number of carbonyl (C=O) groups is 1. The summed E-state index contributed by atoms with van der Waals surface area (Å²) < 4.78 is 13.2. The lowest BCUT2D eigenvalue weighted by atomic mass is 10.2. The quantitative estimate of drug-likeness (QED) is 0.615. The summed E-state index contributed by atoms with van der Waals surface area (Å²) in [5.74, 6) is 1.17. The van der Waals surface area contributed by atoms with Crippen LogP contribution in [0.5, 0.6) is 0 Å². The Hall–Kier alpha value is -1.92. The average molecular weight is 373 g/mol. The van der Waals surface area contributed by atoms with Gasteiger partial charge in [-0.1, -0.05) is 18.6 Å². The zero-order chi connectivity index (χ0) is 18.9. The van der Waals surface area contributed by atoms with E-state index >= 15 is 0 Å². The van der Waals surface area contributed by atoms with E-state index in [4.69, 9.17) is 14.5 Å². The van der Waals surface area contributed by atoms with Crippen molar-refractivity contribution in [2.75, 3.05) is 26.4 Å². The summed E-state index contributed by atoms with van der Waals surface area (Å²) in [6.45, 7) is 5.73. The number of aryl methyl sites for hydroxylation is 1. The molecule has 0 aliphatic carbocycles. The Morgan fingerprint density at radius 2 is 2.22 bits per heavy atom. The van der Waals surface area contributed by atoms with Gasteiger partial charge >= 0.3 is 0 Å². The molecule has 27 heavy (non-hydrogen) atoms. The maximum atomic E-state index is 11.9. The lowest BCUT2D eigenvalue weighted by Gasteiger charge is -2.11. The molecule has 1 saturated heterocycles. The molecule has 2 aromatic rings. The molecule has 1 atom stereocenters. The van der Waals surface area contributed by atoms with Gasteiger partial charge in [0.1, 0.15) is 11.9 Å². The van der Waals surface area contributed by atoms with Crippen LogP contribution < -0.4 is 5.32 Å². The van der Waals surface area contributed by atoms with Crippen LogP contribution in [0.15, 0.2) is 24.3 Å². The summed E-state index contributed by atoms with van der Waals surface area (Å²) in [6, 6.07) is 8.28. The van der Waals surface area contributed by atoms with Crippen LogP contribution in [-0.4, -0.2) is 47.9 Å². The van der Waals surface area contributed by atoms with E-state index in [-0.39, 0.29) is 12.0 Å². The third-order valence-electron chi connectivity index (χ3n) is 5.00. The predicted molar refractivity (Wildman–Crippen MR) is 106 cm³/mol. The van der Waals surface area contributed by atoms with Crippen molar-refractivity contribution in [3.8, 4) is 0 Å². The highest BCUT2D eigenvalue weighted by Crippen LogP contribution is 2.18. The third-order valence-corrected chi connectivity index (χ3v) is 5.00. The highest BCUT2D eigenvalue weighted by atomic mass is 16.5. The molecular weight excluding hydrogens is 342 g/mol. The van der Waals surface area contributed by atoms with Crippen molar-refractivity contribution in [3.63, 3.8) is 0 Å². The van der Waals surface area contributed by atoms with Crippen molar-refractivity contribution in [2.45, 2.75) is 58.1 Å². The van der Waals surface area contributed by atoms with Crippen LogP contribution in [0.25, 0.3) is 11.0 Å². The van der Waals surface area contributed by atoms with Crippen LogP contribution in [0.4, 0.5) is 0 Å². The molecule has 0 bridgehead atoms. The second kappa shape index (κ2) is 10.4. The number of benzene rings is 1. The molecule has 1 fully saturated rings. The third kappa shape index (κ3) is 5.53. The summed E-state index contributed by atoms with van der Waals surface area (Å²) in [5.41, 5.74) is 2.23. The first-order valence-corrected chi connectivity index (χ1v) is 10.2. The summed E-state index contributed by atoms with van der Waals surface area (Å²) >= 11 is 0. The van der Waals surface area contributed by atoms with Crippen LogP contribution in [0.1, 0.15) is 44.9 Å². The zero-order valence-corrected chi connectivity index (χ0v) is 16.3. The number of carbonyl (C=O) groups excluding carboxylic acids is 1. The van der Waals surface area contributed by atoms with Crippen LogP contribution in [-0.2, 0) is 27.2 Å². The van der Waals surface area contributed by atoms with Gasteiger partial charge in [0, 0.05) is 32.7 Å². The number of unbranched alkanes of at least 4 members (excludes halogenated alkanes) is 2. The van der Waals surface area contributed by atoms with Gasteiger partial charge in [-0.25, -0.2) is 4.98 Å². The average Bonchev–Trinajstić information content (AvgIpc) is 3.33. The second-order valence-electron chi connectivity index (χ2n) is 6.97. The van der Waals surface area contributed by atoms with Gasteiger partial charge in [-0.3, -0.25) is 4.79 Å². The fraction of sp³-hybridized carbons (Fsp3) is 0.619. The lowest BCUT2D eigenvalue weighted by molar-refractivity contribution is -0.130. The van der Waals surface area contributed by atoms with Gasteiger partial charge < -0.3 is 19.4 Å². The standard InChI is InChI=1S/C21H31N3O3/c1-2-26-16-14-24-18-10-6-5-9-17(18)23-20(24)12-4-3-7-13-22-21(25)19-11-8-15-27-19/h5-6,9-10,19H,2-4,7-8,11-16H2,1H3,(H,22,25). The Morgan fingerprint density at radius 1 is 1.33 bits per heavy atom. The van der Waals surface area contributed by atoms with Crippen molar-refractivity contribution >= 4 is 16.9 Å². The molecule has 1 aromatic heterocycles. The van der Waals surface area contributed by atoms with Gasteiger partial charge in [-0.2, -0.15) is 0 Å². The smallest absolute Gasteiger partial charge is 0.249 e. The number of nitrogens with one attached hydrogen (secondary N) is 1. The molecule has 1 unspecified atom stereocenters. The number of amides is 1. The first kappa shape index (κ1) is 19.8. The Kier molecular flexibility index (Phi) is 7.66. The Balaban J connectivity index is 1.43. The van der Waals surface area contributed by atoms with Crippen LogP contribution in [0.3, 0.4) is 0 Å². The van der Waals surface area contributed by atoms with E-state index in [1.807, 2.05) is 13.0 Å². The maximum absolute atomic E-state index is 11.9. The number of imidazole rings is 1. The van der Waals surface area contributed by atoms with E-state index in [1.54, 1.807) is 0 Å². The van der Waals surface area contributed by atoms with Crippen LogP contribution in [0.2, 0.25) is 0 Å². The molecule has 1 aromatic carbocycles. The predicted octanol–water partition coefficient (Wildman–Crippen LogP) is 3.08. The molecule has 0 spiro atoms. The van der Waals surface area contributed by atoms with Crippen LogP contribution in [0, 0.1) is 0 Å². The van der Waals surface area contributed by atoms with Crippen molar-refractivity contribution in [1.29, 1.82) is 0 Å². The van der Waals surface area contributed by atoms with Crippen molar-refractivity contribution in [1.82, 2.24) is 14.9 Å². The van der Waals surface area contributed by atoms with E-state index in [9.17, 15) is 4.79 Å². The highest BCUT2D eigenvalue weighted by molar-refractivity contribution is 5.80. The highest BCUT2D eigenvalue weighted by Gasteiger charge is 2.22. The van der Waals surface area contributed by atoms with E-state index < -0.39 is 0 Å². The number of hydrogen-bond donors (Lipinski definition) is 1. The lowest BCUT2D eigenvalue weighted by Crippen LogP contribution is -2.34. The number of hydrogen-bond acceptors (Lipinski definition) is 4. The Labute approximate surface area is 161 Å². The van der Waals surface area contributed by atoms with Crippen LogP contribution >= 0.6 is 0 Å². The maximum Gasteiger partial charge on any atom is 0.249 e. The largest absolute Gasteiger partial charge is 0.380 e. The molecule has 6 heteroatoms. The molecule has 148 valence electrons. The number of fused-ring (bicyclic) bond motifs is 1. The first-order valence-electron chi connectivity index (χ1n) is 10.2. The molecule has 1 aliphatic heterocycles. The summed E-state index contributed by atoms with van der Waals surface area (Å²) in [4.78, 5) is 16.7. The molecule has 0 saturated carbocycles. The van der Waals surface area contributed by atoms with E-state index in [0.29, 0.717) is 13.2 Å². The van der Waals surface area contributed by atoms with Gasteiger partial charge in [-0.05, 0) is 44.7 Å².